The van der Waals surface area contributed by atoms with Gasteiger partial charge >= 0.3 is 6.09 Å². The summed E-state index contributed by atoms with van der Waals surface area (Å²) >= 11 is 0. The fourth-order valence-electron chi connectivity index (χ4n) is 6.88. The zero-order chi connectivity index (χ0) is 36.0. The van der Waals surface area contributed by atoms with E-state index in [0.717, 1.165) is 56.9 Å². The lowest BCUT2D eigenvalue weighted by Gasteiger charge is -2.32. The van der Waals surface area contributed by atoms with E-state index < -0.39 is 34.4 Å². The van der Waals surface area contributed by atoms with Crippen LogP contribution >= 0.6 is 0 Å². The van der Waals surface area contributed by atoms with E-state index in [1.54, 1.807) is 6.07 Å². The zero-order valence-corrected chi connectivity index (χ0v) is 30.6. The number of nitrogens with zero attached hydrogens (tertiary/aromatic N) is 3. The van der Waals surface area contributed by atoms with Crippen molar-refractivity contribution in [1.29, 1.82) is 0 Å². The van der Waals surface area contributed by atoms with Gasteiger partial charge in [-0.3, -0.25) is 0 Å². The van der Waals surface area contributed by atoms with Gasteiger partial charge in [-0.25, -0.2) is 13.2 Å². The normalized spacial score (nSPS) is 23.4. The highest BCUT2D eigenvalue weighted by molar-refractivity contribution is 7.89. The molecule has 4 aliphatic heterocycles. The number of amides is 1. The number of piperazine rings is 1. The van der Waals surface area contributed by atoms with Crippen molar-refractivity contribution in [1.82, 2.24) is 19.4 Å². The van der Waals surface area contributed by atoms with Crippen molar-refractivity contribution in [3.05, 3.63) is 48.0 Å². The van der Waals surface area contributed by atoms with E-state index in [2.05, 4.69) is 22.2 Å². The first-order valence-electron chi connectivity index (χ1n) is 18.0. The Morgan fingerprint density at radius 3 is 2.57 bits per heavy atom. The van der Waals surface area contributed by atoms with E-state index >= 15 is 0 Å². The van der Waals surface area contributed by atoms with E-state index in [-0.39, 0.29) is 55.9 Å². The minimum absolute atomic E-state index is 0.0160. The Hall–Kier alpha value is -3.18. The molecule has 0 saturated carbocycles. The van der Waals surface area contributed by atoms with Crippen molar-refractivity contribution >= 4 is 16.1 Å². The number of nitrogens with one attached hydrogen (secondary N) is 1. The van der Waals surface area contributed by atoms with Crippen LogP contribution in [0.3, 0.4) is 0 Å². The van der Waals surface area contributed by atoms with Crippen molar-refractivity contribution in [3.63, 3.8) is 0 Å². The van der Waals surface area contributed by atoms with E-state index in [4.69, 9.17) is 28.4 Å². The van der Waals surface area contributed by atoms with Crippen molar-refractivity contribution in [3.8, 4) is 17.2 Å². The largest absolute Gasteiger partial charge is 0.494 e. The number of rotatable bonds is 16. The SMILES string of the molecule is CC(C)CN(C[C@@H](O)[C@H](Cc1ccc(OCCCN2CCN(C)CC2)cc1)NC(=O)OC1COC2OCCC12)S(=O)(=O)c1ccc2c(c1)OCO2. The Labute approximate surface area is 300 Å². The maximum atomic E-state index is 14.0. The topological polar surface area (TPSA) is 149 Å². The third-order valence-corrected chi connectivity index (χ3v) is 11.6. The number of ether oxygens (including phenoxy) is 6. The number of carbonyl (C=O) groups excluding carboxylic acids is 1. The van der Waals surface area contributed by atoms with E-state index in [0.29, 0.717) is 24.7 Å². The molecule has 0 radical (unpaired) electrons. The Balaban J connectivity index is 1.12. The van der Waals surface area contributed by atoms with Crippen molar-refractivity contribution in [2.45, 2.75) is 62.5 Å². The van der Waals surface area contributed by atoms with E-state index in [9.17, 15) is 18.3 Å². The predicted octanol–water partition coefficient (Wildman–Crippen LogP) is 2.54. The fourth-order valence-corrected chi connectivity index (χ4v) is 8.52. The average Bonchev–Trinajstić information content (AvgIpc) is 3.86. The molecule has 3 saturated heterocycles. The van der Waals surface area contributed by atoms with Crippen LogP contribution in [0.2, 0.25) is 0 Å². The van der Waals surface area contributed by atoms with Gasteiger partial charge in [-0.2, -0.15) is 4.31 Å². The van der Waals surface area contributed by atoms with Gasteiger partial charge in [0.1, 0.15) is 11.9 Å². The number of sulfonamides is 1. The third-order valence-electron chi connectivity index (χ3n) is 9.81. The van der Waals surface area contributed by atoms with Crippen molar-refractivity contribution in [2.75, 3.05) is 79.5 Å². The van der Waals surface area contributed by atoms with Crippen LogP contribution in [0, 0.1) is 11.8 Å². The van der Waals surface area contributed by atoms with Gasteiger partial charge in [0.2, 0.25) is 16.8 Å². The molecule has 2 aromatic carbocycles. The number of hydrogen-bond donors (Lipinski definition) is 2. The number of alkyl carbamates (subject to hydrolysis) is 1. The summed E-state index contributed by atoms with van der Waals surface area (Å²) in [6, 6.07) is 11.1. The maximum absolute atomic E-state index is 14.0. The van der Waals surface area contributed by atoms with Crippen LogP contribution in [0.15, 0.2) is 47.4 Å². The molecule has 0 aliphatic carbocycles. The monoisotopic (exact) mass is 732 g/mol. The highest BCUT2D eigenvalue weighted by atomic mass is 32.2. The Morgan fingerprint density at radius 2 is 1.80 bits per heavy atom. The van der Waals surface area contributed by atoms with E-state index in [1.165, 1.54) is 16.4 Å². The molecule has 0 aromatic heterocycles. The third kappa shape index (κ3) is 9.83. The highest BCUT2D eigenvalue weighted by Gasteiger charge is 2.44. The second-order valence-electron chi connectivity index (χ2n) is 14.2. The number of carbonyl (C=O) groups is 1. The quantitative estimate of drug-likeness (QED) is 0.245. The smallest absolute Gasteiger partial charge is 0.407 e. The molecule has 0 spiro atoms. The Morgan fingerprint density at radius 1 is 1.04 bits per heavy atom. The Bertz CT molecular complexity index is 1550. The average molecular weight is 733 g/mol. The summed E-state index contributed by atoms with van der Waals surface area (Å²) in [5.41, 5.74) is 0.826. The highest BCUT2D eigenvalue weighted by Crippen LogP contribution is 2.35. The summed E-state index contributed by atoms with van der Waals surface area (Å²) in [7, 11) is -1.91. The lowest BCUT2D eigenvalue weighted by atomic mass is 10.0. The summed E-state index contributed by atoms with van der Waals surface area (Å²) in [4.78, 5) is 18.1. The van der Waals surface area contributed by atoms with Gasteiger partial charge in [0, 0.05) is 51.9 Å². The van der Waals surface area contributed by atoms with Crippen molar-refractivity contribution < 1.29 is 46.7 Å². The predicted molar refractivity (Wildman–Crippen MR) is 187 cm³/mol. The molecule has 0 bridgehead atoms. The van der Waals surface area contributed by atoms with Crippen LogP contribution in [0.5, 0.6) is 17.2 Å². The van der Waals surface area contributed by atoms with Crippen LogP contribution < -0.4 is 19.5 Å². The number of benzene rings is 2. The molecule has 2 N–H and O–H groups in total. The van der Waals surface area contributed by atoms with Gasteiger partial charge in [0.15, 0.2) is 17.8 Å². The zero-order valence-electron chi connectivity index (χ0n) is 29.8. The molecule has 4 heterocycles. The summed E-state index contributed by atoms with van der Waals surface area (Å²) in [6.45, 7) is 10.4. The summed E-state index contributed by atoms with van der Waals surface area (Å²) in [5.74, 6) is 1.44. The molecule has 6 rings (SSSR count). The lowest BCUT2D eigenvalue weighted by Crippen LogP contribution is -2.51. The molecule has 5 atom stereocenters. The summed E-state index contributed by atoms with van der Waals surface area (Å²) < 4.78 is 62.9. The van der Waals surface area contributed by atoms with Crippen LogP contribution in [-0.2, 0) is 30.7 Å². The molecule has 4 aliphatic rings. The molecule has 3 unspecified atom stereocenters. The maximum Gasteiger partial charge on any atom is 0.407 e. The second-order valence-corrected chi connectivity index (χ2v) is 16.2. The Kier molecular flexibility index (Phi) is 12.6. The number of fused-ring (bicyclic) bond motifs is 2. The lowest BCUT2D eigenvalue weighted by molar-refractivity contribution is -0.0907. The number of likely N-dealkylation sites (N-methyl/N-ethyl adjacent to an activating group) is 1. The first kappa shape index (κ1) is 37.6. The van der Waals surface area contributed by atoms with Gasteiger partial charge in [-0.15, -0.1) is 0 Å². The number of aliphatic hydroxyl groups is 1. The van der Waals surface area contributed by atoms with Gasteiger partial charge in [-0.05, 0) is 62.1 Å². The van der Waals surface area contributed by atoms with Gasteiger partial charge in [0.25, 0.3) is 0 Å². The molecule has 2 aromatic rings. The number of hydrogen-bond acceptors (Lipinski definition) is 12. The summed E-state index contributed by atoms with van der Waals surface area (Å²) in [5, 5.41) is 14.5. The van der Waals surface area contributed by atoms with Crippen LogP contribution in [-0.4, -0.2) is 138 Å². The minimum atomic E-state index is -4.06. The summed E-state index contributed by atoms with van der Waals surface area (Å²) in [6.07, 6.45) is -0.999. The molecule has 51 heavy (non-hydrogen) atoms. The minimum Gasteiger partial charge on any atom is -0.494 e. The van der Waals surface area contributed by atoms with Gasteiger partial charge in [-0.1, -0.05) is 26.0 Å². The van der Waals surface area contributed by atoms with E-state index in [1.807, 2.05) is 38.1 Å². The molecule has 1 amide bonds. The molecule has 14 nitrogen and oxygen atoms in total. The van der Waals surface area contributed by atoms with Crippen molar-refractivity contribution in [2.24, 2.45) is 11.8 Å². The number of aliphatic hydroxyl groups excluding tert-OH is 1. The van der Waals surface area contributed by atoms with Gasteiger partial charge in [0.05, 0.1) is 42.8 Å². The van der Waals surface area contributed by atoms with Crippen LogP contribution in [0.1, 0.15) is 32.3 Å². The first-order chi connectivity index (χ1) is 24.5. The molecular formula is C36H52N4O10S. The first-order valence-corrected chi connectivity index (χ1v) is 19.4. The second kappa shape index (κ2) is 17.1. The fraction of sp³-hybridized carbons (Fsp3) is 0.639. The van der Waals surface area contributed by atoms with Crippen LogP contribution in [0.25, 0.3) is 0 Å². The van der Waals surface area contributed by atoms with Gasteiger partial charge < -0.3 is 48.6 Å². The molecule has 15 heteroatoms. The molecular weight excluding hydrogens is 680 g/mol. The standard InChI is InChI=1S/C36H52N4O10S/c1-25(2)21-40(51(43,44)28-9-10-32-33(20-28)49-24-48-32)22-31(41)30(37-36(42)50-34-23-47-35-29(34)11-18-46-35)19-26-5-7-27(8-6-26)45-17-4-12-39-15-13-38(3)14-16-39/h5-10,20,25,29-31,34-35,41H,4,11-19,21-24H2,1-3H3,(H,37,42)/t29?,30-,31+,34?,35?/m0/s1. The molecule has 3 fully saturated rings. The molecule has 282 valence electrons. The van der Waals surface area contributed by atoms with Crippen LogP contribution in [0.4, 0.5) is 4.79 Å².